The first-order chi connectivity index (χ1) is 36.0. The number of aliphatic hydroxyl groups is 1. The number of unbranched alkanes of at least 4 members (excludes halogenated alkanes) is 40. The molecular formula is C64H124N2O7. The van der Waals surface area contributed by atoms with Crippen molar-refractivity contribution in [3.05, 3.63) is 5.76 Å². The molecule has 0 amide bonds. The number of ether oxygens (including phenoxy) is 2. The van der Waals surface area contributed by atoms with Crippen LogP contribution in [0.15, 0.2) is 5.76 Å². The molecule has 0 spiro atoms. The minimum atomic E-state index is -0.699. The van der Waals surface area contributed by atoms with E-state index in [1.54, 1.807) is 0 Å². The van der Waals surface area contributed by atoms with Gasteiger partial charge in [0.05, 0.1) is 19.8 Å². The lowest BCUT2D eigenvalue weighted by atomic mass is 10.0. The first-order valence-electron chi connectivity index (χ1n) is 32.3. The van der Waals surface area contributed by atoms with Crippen molar-refractivity contribution in [1.82, 2.24) is 9.80 Å². The number of carbonyl (C=O) groups excluding carboxylic acids is 2. The Balaban J connectivity index is 4.11. The lowest BCUT2D eigenvalue weighted by Gasteiger charge is -2.26. The summed E-state index contributed by atoms with van der Waals surface area (Å²) in [5.74, 6) is 1.81. The Morgan fingerprint density at radius 3 is 0.986 bits per heavy atom. The van der Waals surface area contributed by atoms with Gasteiger partial charge in [0, 0.05) is 25.8 Å². The summed E-state index contributed by atoms with van der Waals surface area (Å²) in [5.41, 5.74) is 0. The minimum absolute atomic E-state index is 0.0278. The number of allylic oxidation sites excluding steroid dienone is 1. The van der Waals surface area contributed by atoms with Gasteiger partial charge in [0.15, 0.2) is 11.7 Å². The number of carboxylic acids is 1. The maximum atomic E-state index is 12.4. The average molecular weight is 1030 g/mol. The summed E-state index contributed by atoms with van der Waals surface area (Å²) >= 11 is 0. The highest BCUT2D eigenvalue weighted by atomic mass is 16.5. The number of carboxylic acid groups (broad SMARTS) is 1. The van der Waals surface area contributed by atoms with Crippen molar-refractivity contribution in [2.45, 2.75) is 328 Å². The fourth-order valence-corrected chi connectivity index (χ4v) is 10.3. The van der Waals surface area contributed by atoms with Crippen molar-refractivity contribution in [1.29, 1.82) is 0 Å². The van der Waals surface area contributed by atoms with Gasteiger partial charge in [-0.2, -0.15) is 0 Å². The second-order valence-corrected chi connectivity index (χ2v) is 22.2. The average Bonchev–Trinajstić information content (AvgIpc) is 3.38. The molecule has 0 aliphatic heterocycles. The lowest BCUT2D eigenvalue weighted by molar-refractivity contribution is -0.144. The van der Waals surface area contributed by atoms with Gasteiger partial charge in [-0.05, 0) is 90.5 Å². The van der Waals surface area contributed by atoms with Crippen LogP contribution in [-0.2, 0) is 23.9 Å². The van der Waals surface area contributed by atoms with E-state index in [9.17, 15) is 19.5 Å². The maximum Gasteiger partial charge on any atom is 0.305 e. The number of aliphatic hydroxyl groups excluding tert-OH is 1. The molecule has 9 nitrogen and oxygen atoms in total. The summed E-state index contributed by atoms with van der Waals surface area (Å²) in [6.07, 6.45) is 58.9. The minimum Gasteiger partial charge on any atom is -0.487 e. The highest BCUT2D eigenvalue weighted by Crippen LogP contribution is 2.17. The van der Waals surface area contributed by atoms with Gasteiger partial charge in [-0.1, -0.05) is 251 Å². The number of esters is 1. The molecule has 0 atom stereocenters. The smallest absolute Gasteiger partial charge is 0.305 e. The van der Waals surface area contributed by atoms with Crippen LogP contribution in [0, 0.1) is 0 Å². The van der Waals surface area contributed by atoms with E-state index in [1.165, 1.54) is 186 Å². The molecule has 0 heterocycles. The topological polar surface area (TPSA) is 117 Å². The largest absolute Gasteiger partial charge is 0.487 e. The predicted molar refractivity (Wildman–Crippen MR) is 311 cm³/mol. The Labute approximate surface area is 453 Å². The number of nitrogens with zero attached hydrogens (tertiary/aromatic N) is 2. The molecule has 2 N–H and O–H groups in total. The highest BCUT2D eigenvalue weighted by molar-refractivity contribution is 5.69. The molecule has 9 heteroatoms. The van der Waals surface area contributed by atoms with Crippen LogP contribution < -0.4 is 0 Å². The van der Waals surface area contributed by atoms with Gasteiger partial charge < -0.3 is 29.5 Å². The van der Waals surface area contributed by atoms with E-state index < -0.39 is 5.97 Å². The van der Waals surface area contributed by atoms with Gasteiger partial charge in [0.2, 0.25) is 0 Å². The molecule has 0 fully saturated rings. The monoisotopic (exact) mass is 1030 g/mol. The molecule has 0 radical (unpaired) electrons. The van der Waals surface area contributed by atoms with Gasteiger partial charge >= 0.3 is 11.9 Å². The van der Waals surface area contributed by atoms with Crippen LogP contribution in [0.4, 0.5) is 0 Å². The predicted octanol–water partition coefficient (Wildman–Crippen LogP) is 18.1. The molecule has 0 aromatic rings. The fraction of sp³-hybridized carbons (Fsp3) is 0.938. The van der Waals surface area contributed by atoms with Crippen LogP contribution in [0.1, 0.15) is 328 Å². The first-order valence-corrected chi connectivity index (χ1v) is 32.3. The number of rotatable bonds is 63. The van der Waals surface area contributed by atoms with E-state index in [0.29, 0.717) is 38.4 Å². The lowest BCUT2D eigenvalue weighted by Crippen LogP contribution is -2.33. The zero-order valence-corrected chi connectivity index (χ0v) is 48.8. The van der Waals surface area contributed by atoms with Crippen molar-refractivity contribution in [3.63, 3.8) is 0 Å². The van der Waals surface area contributed by atoms with E-state index >= 15 is 0 Å². The van der Waals surface area contributed by atoms with Crippen LogP contribution in [0.2, 0.25) is 0 Å². The van der Waals surface area contributed by atoms with Crippen molar-refractivity contribution in [2.75, 3.05) is 59.1 Å². The molecule has 0 rings (SSSR count). The number of hydrogen-bond donors (Lipinski definition) is 2. The zero-order valence-electron chi connectivity index (χ0n) is 48.8. The zero-order chi connectivity index (χ0) is 53.0. The second-order valence-electron chi connectivity index (χ2n) is 22.2. The van der Waals surface area contributed by atoms with Crippen LogP contribution in [0.3, 0.4) is 0 Å². The van der Waals surface area contributed by atoms with Crippen LogP contribution in [0.5, 0.6) is 0 Å². The Morgan fingerprint density at radius 2 is 0.630 bits per heavy atom. The van der Waals surface area contributed by atoms with Crippen LogP contribution in [-0.4, -0.2) is 97.0 Å². The van der Waals surface area contributed by atoms with E-state index in [1.807, 2.05) is 5.94 Å². The van der Waals surface area contributed by atoms with Gasteiger partial charge in [-0.3, -0.25) is 9.59 Å². The summed E-state index contributed by atoms with van der Waals surface area (Å²) in [6, 6.07) is 0. The third-order valence-corrected chi connectivity index (χ3v) is 15.1. The molecule has 73 heavy (non-hydrogen) atoms. The van der Waals surface area contributed by atoms with E-state index in [4.69, 9.17) is 14.6 Å². The summed E-state index contributed by atoms with van der Waals surface area (Å²) in [4.78, 5) is 39.7. The van der Waals surface area contributed by atoms with Crippen LogP contribution >= 0.6 is 0 Å². The summed E-state index contributed by atoms with van der Waals surface area (Å²) in [7, 11) is 0. The number of carbonyl (C=O) groups is 2. The van der Waals surface area contributed by atoms with Crippen molar-refractivity contribution in [2.24, 2.45) is 0 Å². The summed E-state index contributed by atoms with van der Waals surface area (Å²) < 4.78 is 11.3. The fourth-order valence-electron chi connectivity index (χ4n) is 10.3. The number of aliphatic carboxylic acids is 1. The second kappa shape index (κ2) is 60.9. The van der Waals surface area contributed by atoms with Gasteiger partial charge in [0.1, 0.15) is 0 Å². The molecule has 0 aromatic heterocycles. The molecule has 0 bridgehead atoms. The van der Waals surface area contributed by atoms with E-state index in [-0.39, 0.29) is 19.0 Å². The highest BCUT2D eigenvalue weighted by Gasteiger charge is 2.10. The Kier molecular flexibility index (Phi) is 59.3. The van der Waals surface area contributed by atoms with Crippen LogP contribution in [0.25, 0.3) is 0 Å². The quantitative estimate of drug-likeness (QED) is 0.0266. The SMILES string of the molecule is CCCCCCCCCCCCCCCCCCCCCCOC(=O)CCCCCCCN(CCCCCCCC(=O)O)CCCN(CCO)CCCCCCCC(=C=O)OCCCCCCCCCCCC. The van der Waals surface area contributed by atoms with Crippen molar-refractivity contribution in [3.8, 4) is 0 Å². The third-order valence-electron chi connectivity index (χ3n) is 15.1. The molecule has 0 saturated carbocycles. The Morgan fingerprint density at radius 1 is 0.342 bits per heavy atom. The summed E-state index contributed by atoms with van der Waals surface area (Å²) in [6.45, 7) is 11.9. The maximum absolute atomic E-state index is 12.4. The summed E-state index contributed by atoms with van der Waals surface area (Å²) in [5, 5.41) is 18.8. The standard InChI is InChI=1S/C64H124N2O7/c1-3-5-7-9-11-13-15-16-17-18-19-20-21-22-23-24-26-28-39-47-60-73-64(71)51-42-34-31-37-44-53-65(52-43-36-30-33-41-50-63(69)70)55-48-56-66(57-58-67)54-45-35-29-32-40-49-62(61-68)72-59-46-38-27-25-14-12-10-8-6-4-2/h67H,3-60H2,1-2H3,(H,69,70). The molecular weight excluding hydrogens is 909 g/mol. The Bertz CT molecular complexity index is 1180. The Hall–Kier alpha value is -1.93. The van der Waals surface area contributed by atoms with E-state index in [2.05, 4.69) is 23.6 Å². The molecule has 0 aliphatic rings. The first kappa shape index (κ1) is 71.1. The van der Waals surface area contributed by atoms with Crippen molar-refractivity contribution >= 4 is 17.9 Å². The molecule has 432 valence electrons. The molecule has 0 aliphatic carbocycles. The van der Waals surface area contributed by atoms with Crippen molar-refractivity contribution < 1.29 is 34.1 Å². The van der Waals surface area contributed by atoms with Gasteiger partial charge in [-0.25, -0.2) is 4.79 Å². The molecule has 0 unspecified atom stereocenters. The molecule has 0 saturated heterocycles. The van der Waals surface area contributed by atoms with Gasteiger partial charge in [-0.15, -0.1) is 0 Å². The molecule has 0 aromatic carbocycles. The van der Waals surface area contributed by atoms with Gasteiger partial charge in [0.25, 0.3) is 0 Å². The van der Waals surface area contributed by atoms with E-state index in [0.717, 1.165) is 142 Å². The normalized spacial score (nSPS) is 11.5. The third kappa shape index (κ3) is 57.6. The number of hydrogen-bond acceptors (Lipinski definition) is 8.